The molecule has 0 fully saturated rings. The molecule has 0 aromatic heterocycles. The summed E-state index contributed by atoms with van der Waals surface area (Å²) in [5, 5.41) is 5.80. The fourth-order valence-corrected chi connectivity index (χ4v) is 1.62. The number of benzene rings is 1. The molecule has 19 heavy (non-hydrogen) atoms. The highest BCUT2D eigenvalue weighted by atomic mass is 19.1. The summed E-state index contributed by atoms with van der Waals surface area (Å²) >= 11 is 0. The van der Waals surface area contributed by atoms with Crippen molar-refractivity contribution in [2.45, 2.75) is 33.4 Å². The van der Waals surface area contributed by atoms with Gasteiger partial charge in [0.05, 0.1) is 0 Å². The summed E-state index contributed by atoms with van der Waals surface area (Å²) in [6.45, 7) is 6.79. The first kappa shape index (κ1) is 15.4. The van der Waals surface area contributed by atoms with Gasteiger partial charge in [0.25, 0.3) is 5.91 Å². The molecule has 0 bridgehead atoms. The Morgan fingerprint density at radius 2 is 2.16 bits per heavy atom. The Morgan fingerprint density at radius 3 is 2.79 bits per heavy atom. The molecule has 1 rings (SSSR count). The molecule has 1 aromatic rings. The van der Waals surface area contributed by atoms with Crippen molar-refractivity contribution in [3.05, 3.63) is 29.6 Å². The van der Waals surface area contributed by atoms with E-state index in [1.165, 1.54) is 6.07 Å². The lowest BCUT2D eigenvalue weighted by molar-refractivity contribution is -0.123. The Kier molecular flexibility index (Phi) is 6.29. The molecule has 0 radical (unpaired) electrons. The second-order valence-corrected chi connectivity index (χ2v) is 4.52. The number of para-hydroxylation sites is 1. The van der Waals surface area contributed by atoms with Crippen molar-refractivity contribution in [1.29, 1.82) is 0 Å². The van der Waals surface area contributed by atoms with E-state index in [1.54, 1.807) is 12.1 Å². The van der Waals surface area contributed by atoms with Gasteiger partial charge in [-0.1, -0.05) is 19.1 Å². The quantitative estimate of drug-likeness (QED) is 0.793. The Labute approximate surface area is 113 Å². The molecule has 0 aliphatic rings. The highest BCUT2D eigenvalue weighted by Crippen LogP contribution is 2.22. The van der Waals surface area contributed by atoms with Gasteiger partial charge in [-0.15, -0.1) is 0 Å². The molecule has 0 heterocycles. The Morgan fingerprint density at radius 1 is 1.42 bits per heavy atom. The van der Waals surface area contributed by atoms with E-state index < -0.39 is 5.82 Å². The smallest absolute Gasteiger partial charge is 0.258 e. The number of hydrogen-bond acceptors (Lipinski definition) is 3. The highest BCUT2D eigenvalue weighted by Gasteiger charge is 2.12. The van der Waals surface area contributed by atoms with Crippen molar-refractivity contribution in [3.8, 4) is 5.75 Å². The fourth-order valence-electron chi connectivity index (χ4n) is 1.62. The molecule has 4 nitrogen and oxygen atoms in total. The molecule has 0 aliphatic carbocycles. The number of rotatable bonds is 7. The van der Waals surface area contributed by atoms with Gasteiger partial charge in [0, 0.05) is 18.2 Å². The Hall–Kier alpha value is -1.62. The van der Waals surface area contributed by atoms with Gasteiger partial charge >= 0.3 is 0 Å². The van der Waals surface area contributed by atoms with Gasteiger partial charge in [0.15, 0.2) is 18.2 Å². The monoisotopic (exact) mass is 268 g/mol. The lowest BCUT2D eigenvalue weighted by Crippen LogP contribution is -2.34. The molecule has 0 unspecified atom stereocenters. The van der Waals surface area contributed by atoms with E-state index in [9.17, 15) is 9.18 Å². The first-order valence-corrected chi connectivity index (χ1v) is 6.44. The van der Waals surface area contributed by atoms with Gasteiger partial charge in [-0.25, -0.2) is 4.39 Å². The van der Waals surface area contributed by atoms with Gasteiger partial charge in [-0.2, -0.15) is 0 Å². The highest BCUT2D eigenvalue weighted by molar-refractivity contribution is 5.77. The van der Waals surface area contributed by atoms with Crippen LogP contribution in [0.5, 0.6) is 5.75 Å². The van der Waals surface area contributed by atoms with Crippen LogP contribution in [0.15, 0.2) is 18.2 Å². The van der Waals surface area contributed by atoms with Crippen LogP contribution in [0.25, 0.3) is 0 Å². The van der Waals surface area contributed by atoms with Crippen LogP contribution in [0.1, 0.15) is 26.3 Å². The number of halogens is 1. The molecule has 0 aliphatic heterocycles. The third-order valence-corrected chi connectivity index (χ3v) is 2.41. The van der Waals surface area contributed by atoms with Gasteiger partial charge in [-0.05, 0) is 26.5 Å². The standard InChI is InChI=1S/C14H21FN2O2/c1-4-16-8-11-6-5-7-12(15)14(11)19-9-13(18)17-10(2)3/h5-7,10,16H,4,8-9H2,1-3H3,(H,17,18). The first-order chi connectivity index (χ1) is 9.04. The molecule has 0 spiro atoms. The van der Waals surface area contributed by atoms with E-state index >= 15 is 0 Å². The van der Waals surface area contributed by atoms with Crippen LogP contribution in [0.4, 0.5) is 4.39 Å². The Bertz CT molecular complexity index is 422. The zero-order chi connectivity index (χ0) is 14.3. The van der Waals surface area contributed by atoms with E-state index in [0.29, 0.717) is 12.1 Å². The third kappa shape index (κ3) is 5.26. The molecule has 1 aromatic carbocycles. The van der Waals surface area contributed by atoms with Gasteiger partial charge in [0.1, 0.15) is 0 Å². The van der Waals surface area contributed by atoms with Gasteiger partial charge in [-0.3, -0.25) is 4.79 Å². The number of carbonyl (C=O) groups excluding carboxylic acids is 1. The molecule has 0 saturated heterocycles. The number of carbonyl (C=O) groups is 1. The minimum Gasteiger partial charge on any atom is -0.480 e. The van der Waals surface area contributed by atoms with E-state index in [2.05, 4.69) is 10.6 Å². The fraction of sp³-hybridized carbons (Fsp3) is 0.500. The lowest BCUT2D eigenvalue weighted by Gasteiger charge is -2.13. The zero-order valence-corrected chi connectivity index (χ0v) is 11.6. The molecule has 2 N–H and O–H groups in total. The van der Waals surface area contributed by atoms with Crippen molar-refractivity contribution in [3.63, 3.8) is 0 Å². The van der Waals surface area contributed by atoms with Crippen LogP contribution in [0, 0.1) is 5.82 Å². The van der Waals surface area contributed by atoms with Crippen LogP contribution >= 0.6 is 0 Å². The predicted octanol–water partition coefficient (Wildman–Crippen LogP) is 1.84. The summed E-state index contributed by atoms with van der Waals surface area (Å²) in [6.07, 6.45) is 0. The molecule has 1 amide bonds. The second kappa shape index (κ2) is 7.74. The van der Waals surface area contributed by atoms with Crippen molar-refractivity contribution in [2.24, 2.45) is 0 Å². The molecule has 0 atom stereocenters. The SMILES string of the molecule is CCNCc1cccc(F)c1OCC(=O)NC(C)C. The van der Waals surface area contributed by atoms with Crippen LogP contribution in [0.2, 0.25) is 0 Å². The second-order valence-electron chi connectivity index (χ2n) is 4.52. The largest absolute Gasteiger partial charge is 0.480 e. The van der Waals surface area contributed by atoms with Crippen LogP contribution in [-0.4, -0.2) is 25.1 Å². The molecule has 0 saturated carbocycles. The summed E-state index contributed by atoms with van der Waals surface area (Å²) in [5.41, 5.74) is 0.708. The summed E-state index contributed by atoms with van der Waals surface area (Å²) in [4.78, 5) is 11.5. The van der Waals surface area contributed by atoms with Crippen LogP contribution in [0.3, 0.4) is 0 Å². The summed E-state index contributed by atoms with van der Waals surface area (Å²) in [5.74, 6) is -0.567. The maximum atomic E-state index is 13.7. The molecular weight excluding hydrogens is 247 g/mol. The van der Waals surface area contributed by atoms with Gasteiger partial charge in [0.2, 0.25) is 0 Å². The van der Waals surface area contributed by atoms with Gasteiger partial charge < -0.3 is 15.4 Å². The maximum absolute atomic E-state index is 13.7. The van der Waals surface area contributed by atoms with Crippen LogP contribution in [-0.2, 0) is 11.3 Å². The van der Waals surface area contributed by atoms with E-state index in [0.717, 1.165) is 6.54 Å². The molecule has 106 valence electrons. The molecular formula is C14H21FN2O2. The third-order valence-electron chi connectivity index (χ3n) is 2.41. The first-order valence-electron chi connectivity index (χ1n) is 6.44. The summed E-state index contributed by atoms with van der Waals surface area (Å²) < 4.78 is 19.0. The number of amides is 1. The van der Waals surface area contributed by atoms with Crippen molar-refractivity contribution in [1.82, 2.24) is 10.6 Å². The normalized spacial score (nSPS) is 10.6. The van der Waals surface area contributed by atoms with Crippen molar-refractivity contribution >= 4 is 5.91 Å². The maximum Gasteiger partial charge on any atom is 0.258 e. The van der Waals surface area contributed by atoms with Crippen molar-refractivity contribution in [2.75, 3.05) is 13.2 Å². The minimum atomic E-state index is -0.451. The minimum absolute atomic E-state index is 0.0398. The average molecular weight is 268 g/mol. The number of ether oxygens (including phenoxy) is 1. The predicted molar refractivity (Wildman–Crippen MR) is 72.6 cm³/mol. The van der Waals surface area contributed by atoms with Crippen molar-refractivity contribution < 1.29 is 13.9 Å². The van der Waals surface area contributed by atoms with E-state index in [1.807, 2.05) is 20.8 Å². The Balaban J connectivity index is 2.68. The average Bonchev–Trinajstić information content (AvgIpc) is 2.34. The summed E-state index contributed by atoms with van der Waals surface area (Å²) in [6, 6.07) is 4.77. The zero-order valence-electron chi connectivity index (χ0n) is 11.6. The molecule has 5 heteroatoms. The van der Waals surface area contributed by atoms with E-state index in [4.69, 9.17) is 4.74 Å². The topological polar surface area (TPSA) is 50.4 Å². The summed E-state index contributed by atoms with van der Waals surface area (Å²) in [7, 11) is 0. The van der Waals surface area contributed by atoms with E-state index in [-0.39, 0.29) is 24.3 Å². The lowest BCUT2D eigenvalue weighted by atomic mass is 10.2. The number of hydrogen-bond donors (Lipinski definition) is 2. The van der Waals surface area contributed by atoms with Crippen LogP contribution < -0.4 is 15.4 Å². The number of nitrogens with one attached hydrogen (secondary N) is 2.